The van der Waals surface area contributed by atoms with Crippen molar-refractivity contribution in [3.8, 4) is 5.75 Å². The van der Waals surface area contributed by atoms with Crippen LogP contribution in [0.3, 0.4) is 0 Å². The molecule has 1 fully saturated rings. The van der Waals surface area contributed by atoms with Crippen LogP contribution in [0.4, 0.5) is 0 Å². The van der Waals surface area contributed by atoms with Crippen molar-refractivity contribution in [1.82, 2.24) is 4.90 Å². The monoisotopic (exact) mass is 406 g/mol. The van der Waals surface area contributed by atoms with Crippen molar-refractivity contribution in [3.63, 3.8) is 0 Å². The Kier molecular flexibility index (Phi) is 5.83. The fourth-order valence-corrected chi connectivity index (χ4v) is 3.42. The van der Waals surface area contributed by atoms with Crippen molar-refractivity contribution in [2.24, 2.45) is 5.73 Å². The van der Waals surface area contributed by atoms with Gasteiger partial charge in [-0.15, -0.1) is 0 Å². The van der Waals surface area contributed by atoms with Gasteiger partial charge in [0, 0.05) is 19.6 Å². The molecule has 5 nitrogen and oxygen atoms in total. The smallest absolute Gasteiger partial charge is 0.260 e. The van der Waals surface area contributed by atoms with Gasteiger partial charge in [-0.1, -0.05) is 0 Å². The van der Waals surface area contributed by atoms with Crippen LogP contribution in [0.25, 0.3) is 0 Å². The van der Waals surface area contributed by atoms with Crippen LogP contribution in [-0.4, -0.2) is 43.7 Å². The number of nitrogens with two attached hydrogens (primary N) is 1. The molecule has 0 saturated carbocycles. The van der Waals surface area contributed by atoms with E-state index in [9.17, 15) is 4.79 Å². The summed E-state index contributed by atoms with van der Waals surface area (Å²) in [5, 5.41) is 0. The normalized spacial score (nSPS) is 15.2. The number of halogens is 2. The maximum atomic E-state index is 12.0. The Balaban J connectivity index is 1.98. The van der Waals surface area contributed by atoms with E-state index in [1.165, 1.54) is 0 Å². The minimum atomic E-state index is -0.0324. The number of carbonyl (C=O) groups excluding carboxylic acids is 1. The predicted molar refractivity (Wildman–Crippen MR) is 82.6 cm³/mol. The maximum absolute atomic E-state index is 12.0. The van der Waals surface area contributed by atoms with E-state index in [-0.39, 0.29) is 12.5 Å². The number of amides is 1. The van der Waals surface area contributed by atoms with E-state index in [0.29, 0.717) is 38.6 Å². The summed E-state index contributed by atoms with van der Waals surface area (Å²) < 4.78 is 12.4. The Morgan fingerprint density at radius 1 is 1.30 bits per heavy atom. The number of benzene rings is 1. The first-order chi connectivity index (χ1) is 9.61. The lowest BCUT2D eigenvalue weighted by Gasteiger charge is -2.26. The predicted octanol–water partition coefficient (Wildman–Crippen LogP) is 1.91. The second-order valence-electron chi connectivity index (χ2n) is 4.37. The van der Waals surface area contributed by atoms with E-state index < -0.39 is 0 Å². The lowest BCUT2D eigenvalue weighted by molar-refractivity contribution is -0.137. The molecule has 0 atom stereocenters. The number of hydrogen-bond acceptors (Lipinski definition) is 4. The second-order valence-corrected chi connectivity index (χ2v) is 6.08. The van der Waals surface area contributed by atoms with Gasteiger partial charge in [0.05, 0.1) is 22.2 Å². The van der Waals surface area contributed by atoms with Crippen LogP contribution in [0, 0.1) is 0 Å². The molecule has 0 spiro atoms. The minimum Gasteiger partial charge on any atom is -0.481 e. The van der Waals surface area contributed by atoms with Gasteiger partial charge in [-0.25, -0.2) is 0 Å². The van der Waals surface area contributed by atoms with Gasteiger partial charge in [0.25, 0.3) is 5.91 Å². The molecule has 1 amide bonds. The Hall–Kier alpha value is -0.630. The molecule has 2 N–H and O–H groups in total. The number of ether oxygens (including phenoxy) is 2. The SMILES string of the molecule is NCc1cc(Br)c(OCC(=O)N2CCOCC2)c(Br)c1. The fourth-order valence-electron chi connectivity index (χ4n) is 1.91. The van der Waals surface area contributed by atoms with E-state index in [0.717, 1.165) is 14.5 Å². The highest BCUT2D eigenvalue weighted by Gasteiger charge is 2.18. The first-order valence-corrected chi connectivity index (χ1v) is 7.86. The number of morpholine rings is 1. The fraction of sp³-hybridized carbons (Fsp3) is 0.462. The standard InChI is InChI=1S/C13H16Br2N2O3/c14-10-5-9(7-16)6-11(15)13(10)20-8-12(18)17-1-3-19-4-2-17/h5-6H,1-4,7-8,16H2. The quantitative estimate of drug-likeness (QED) is 0.827. The average Bonchev–Trinajstić information content (AvgIpc) is 2.46. The largest absolute Gasteiger partial charge is 0.481 e. The number of rotatable bonds is 4. The molecular weight excluding hydrogens is 392 g/mol. The molecule has 1 aromatic rings. The van der Waals surface area contributed by atoms with Crippen molar-refractivity contribution >= 4 is 37.8 Å². The zero-order valence-corrected chi connectivity index (χ0v) is 14.1. The van der Waals surface area contributed by atoms with Crippen LogP contribution in [-0.2, 0) is 16.1 Å². The van der Waals surface area contributed by atoms with Crippen molar-refractivity contribution in [2.45, 2.75) is 6.54 Å². The third kappa shape index (κ3) is 3.94. The van der Waals surface area contributed by atoms with Crippen molar-refractivity contribution in [1.29, 1.82) is 0 Å². The minimum absolute atomic E-state index is 0.0131. The topological polar surface area (TPSA) is 64.8 Å². The van der Waals surface area contributed by atoms with Crippen LogP contribution < -0.4 is 10.5 Å². The summed E-state index contributed by atoms with van der Waals surface area (Å²) in [6.45, 7) is 2.88. The van der Waals surface area contributed by atoms with Gasteiger partial charge in [0.1, 0.15) is 5.75 Å². The first-order valence-electron chi connectivity index (χ1n) is 6.28. The highest BCUT2D eigenvalue weighted by atomic mass is 79.9. The third-order valence-corrected chi connectivity index (χ3v) is 4.18. The molecule has 0 radical (unpaired) electrons. The van der Waals surface area contributed by atoms with Crippen LogP contribution in [0.1, 0.15) is 5.56 Å². The summed E-state index contributed by atoms with van der Waals surface area (Å²) in [4.78, 5) is 13.8. The molecule has 1 aromatic carbocycles. The molecule has 0 aliphatic carbocycles. The summed E-state index contributed by atoms with van der Waals surface area (Å²) in [6.07, 6.45) is 0. The van der Waals surface area contributed by atoms with Gasteiger partial charge in [0.2, 0.25) is 0 Å². The molecule has 0 unspecified atom stereocenters. The van der Waals surface area contributed by atoms with Gasteiger partial charge in [-0.2, -0.15) is 0 Å². The molecule has 7 heteroatoms. The van der Waals surface area contributed by atoms with E-state index in [2.05, 4.69) is 31.9 Å². The van der Waals surface area contributed by atoms with E-state index in [1.807, 2.05) is 12.1 Å². The summed E-state index contributed by atoms with van der Waals surface area (Å²) >= 11 is 6.86. The zero-order valence-electron chi connectivity index (χ0n) is 10.9. The summed E-state index contributed by atoms with van der Waals surface area (Å²) in [5.74, 6) is 0.582. The molecule has 1 aliphatic heterocycles. The second kappa shape index (κ2) is 7.40. The molecule has 0 bridgehead atoms. The molecule has 2 rings (SSSR count). The molecular formula is C13H16Br2N2O3. The van der Waals surface area contributed by atoms with Crippen LogP contribution in [0.15, 0.2) is 21.1 Å². The van der Waals surface area contributed by atoms with E-state index in [1.54, 1.807) is 4.90 Å². The Morgan fingerprint density at radius 3 is 2.45 bits per heavy atom. The highest BCUT2D eigenvalue weighted by Crippen LogP contribution is 2.34. The van der Waals surface area contributed by atoms with Crippen LogP contribution >= 0.6 is 31.9 Å². The molecule has 20 heavy (non-hydrogen) atoms. The van der Waals surface area contributed by atoms with Crippen LogP contribution in [0.2, 0.25) is 0 Å². The molecule has 110 valence electrons. The van der Waals surface area contributed by atoms with Crippen molar-refractivity contribution < 1.29 is 14.3 Å². The summed E-state index contributed by atoms with van der Waals surface area (Å²) in [7, 11) is 0. The van der Waals surface area contributed by atoms with E-state index in [4.69, 9.17) is 15.2 Å². The number of nitrogens with zero attached hydrogens (tertiary/aromatic N) is 1. The third-order valence-electron chi connectivity index (χ3n) is 3.00. The summed E-state index contributed by atoms with van der Waals surface area (Å²) in [5.41, 5.74) is 6.58. The highest BCUT2D eigenvalue weighted by molar-refractivity contribution is 9.11. The maximum Gasteiger partial charge on any atom is 0.260 e. The van der Waals surface area contributed by atoms with Gasteiger partial charge in [-0.3, -0.25) is 4.79 Å². The lowest BCUT2D eigenvalue weighted by atomic mass is 10.2. The first kappa shape index (κ1) is 15.8. The Morgan fingerprint density at radius 2 is 1.90 bits per heavy atom. The Bertz CT molecular complexity index is 467. The van der Waals surface area contributed by atoms with Gasteiger partial charge in [0.15, 0.2) is 6.61 Å². The zero-order chi connectivity index (χ0) is 14.5. The van der Waals surface area contributed by atoms with Crippen LogP contribution in [0.5, 0.6) is 5.75 Å². The molecule has 0 aromatic heterocycles. The lowest BCUT2D eigenvalue weighted by Crippen LogP contribution is -2.43. The number of carbonyl (C=O) groups is 1. The average molecular weight is 408 g/mol. The molecule has 1 saturated heterocycles. The molecule has 1 aliphatic rings. The number of hydrogen-bond donors (Lipinski definition) is 1. The summed E-state index contributed by atoms with van der Waals surface area (Å²) in [6, 6.07) is 3.78. The van der Waals surface area contributed by atoms with E-state index >= 15 is 0 Å². The van der Waals surface area contributed by atoms with Gasteiger partial charge >= 0.3 is 0 Å². The van der Waals surface area contributed by atoms with Crippen molar-refractivity contribution in [2.75, 3.05) is 32.9 Å². The van der Waals surface area contributed by atoms with Crippen molar-refractivity contribution in [3.05, 3.63) is 26.6 Å². The van der Waals surface area contributed by atoms with Gasteiger partial charge < -0.3 is 20.1 Å². The van der Waals surface area contributed by atoms with Gasteiger partial charge in [-0.05, 0) is 49.6 Å². The molecule has 1 heterocycles. The Labute approximate surface area is 134 Å².